The lowest BCUT2D eigenvalue weighted by atomic mass is 10.0. The molecule has 1 aliphatic rings. The molecule has 1 aliphatic heterocycles. The summed E-state index contributed by atoms with van der Waals surface area (Å²) in [5, 5.41) is 9.77. The molecule has 0 aliphatic carbocycles. The molecule has 7 heteroatoms. The summed E-state index contributed by atoms with van der Waals surface area (Å²) in [5.74, 6) is 0.802. The second-order valence-electron chi connectivity index (χ2n) is 5.87. The van der Waals surface area contributed by atoms with Crippen molar-refractivity contribution in [3.8, 4) is 5.75 Å². The van der Waals surface area contributed by atoms with Crippen LogP contribution in [0.5, 0.6) is 5.75 Å². The summed E-state index contributed by atoms with van der Waals surface area (Å²) in [6.07, 6.45) is 2.45. The van der Waals surface area contributed by atoms with Crippen molar-refractivity contribution in [2.45, 2.75) is 19.1 Å². The number of carbonyl (C=O) groups excluding carboxylic acids is 1. The highest BCUT2D eigenvalue weighted by Crippen LogP contribution is 2.18. The van der Waals surface area contributed by atoms with Gasteiger partial charge in [-0.25, -0.2) is 4.79 Å². The Morgan fingerprint density at radius 2 is 2.12 bits per heavy atom. The summed E-state index contributed by atoms with van der Waals surface area (Å²) < 4.78 is 7.12. The molecule has 3 rings (SSSR count). The van der Waals surface area contributed by atoms with Crippen LogP contribution in [0.25, 0.3) is 0 Å². The summed E-state index contributed by atoms with van der Waals surface area (Å²) in [4.78, 5) is 17.3. The van der Waals surface area contributed by atoms with E-state index < -0.39 is 0 Å². The Bertz CT molecular complexity index is 752. The first kappa shape index (κ1) is 16.9. The second kappa shape index (κ2) is 7.74. The smallest absolute Gasteiger partial charge is 0.315 e. The number of rotatable bonds is 6. The van der Waals surface area contributed by atoms with Crippen LogP contribution in [0.15, 0.2) is 47.8 Å². The number of amides is 2. The van der Waals surface area contributed by atoms with E-state index in [2.05, 4.69) is 15.8 Å². The number of aryl methyl sites for hydroxylation is 1. The van der Waals surface area contributed by atoms with Crippen molar-refractivity contribution in [1.29, 1.82) is 0 Å². The van der Waals surface area contributed by atoms with Crippen LogP contribution in [0.4, 0.5) is 4.79 Å². The van der Waals surface area contributed by atoms with Gasteiger partial charge >= 0.3 is 6.03 Å². The van der Waals surface area contributed by atoms with Gasteiger partial charge in [0.2, 0.25) is 0 Å². The number of nitrogens with zero attached hydrogens (tertiary/aromatic N) is 2. The molecule has 0 fully saturated rings. The highest BCUT2D eigenvalue weighted by molar-refractivity contribution is 6.01. The quantitative estimate of drug-likeness (QED) is 0.843. The molecule has 1 aromatic heterocycles. The molecule has 0 spiro atoms. The predicted molar refractivity (Wildman–Crippen MR) is 94.7 cm³/mol. The molecule has 0 saturated heterocycles. The lowest BCUT2D eigenvalue weighted by Gasteiger charge is -2.11. The summed E-state index contributed by atoms with van der Waals surface area (Å²) in [6, 6.07) is 11.4. The van der Waals surface area contributed by atoms with Crippen LogP contribution in [0.3, 0.4) is 0 Å². The van der Waals surface area contributed by atoms with Crippen LogP contribution < -0.4 is 15.4 Å². The topological polar surface area (TPSA) is 76.9 Å². The Labute approximate surface area is 146 Å². The summed E-state index contributed by atoms with van der Waals surface area (Å²) in [5.41, 5.74) is 2.91. The molecule has 2 aromatic rings. The standard InChI is InChI=1S/C18H22N4O3/c1-22-9-3-4-14(22)11-19-18(23)20-12-16-10-17(21-25-16)13-5-7-15(24-2)8-6-13/h3-9,16H,10-12H2,1-2H3,(H2,19,20,23)/t16-/m1/s1. The van der Waals surface area contributed by atoms with Gasteiger partial charge in [0.15, 0.2) is 6.10 Å². The minimum Gasteiger partial charge on any atom is -0.497 e. The van der Waals surface area contributed by atoms with Crippen molar-refractivity contribution in [1.82, 2.24) is 15.2 Å². The third-order valence-corrected chi connectivity index (χ3v) is 4.13. The lowest BCUT2D eigenvalue weighted by Crippen LogP contribution is -2.39. The molecule has 1 aromatic carbocycles. The maximum Gasteiger partial charge on any atom is 0.315 e. The number of hydrogen-bond acceptors (Lipinski definition) is 4. The molecule has 1 atom stereocenters. The molecular weight excluding hydrogens is 320 g/mol. The molecule has 0 bridgehead atoms. The third-order valence-electron chi connectivity index (χ3n) is 4.13. The van der Waals surface area contributed by atoms with E-state index in [-0.39, 0.29) is 12.1 Å². The van der Waals surface area contributed by atoms with Crippen LogP contribution in [0.2, 0.25) is 0 Å². The molecule has 0 unspecified atom stereocenters. The highest BCUT2D eigenvalue weighted by Gasteiger charge is 2.22. The van der Waals surface area contributed by atoms with Gasteiger partial charge < -0.3 is 24.8 Å². The zero-order valence-electron chi connectivity index (χ0n) is 14.4. The molecule has 25 heavy (non-hydrogen) atoms. The minimum absolute atomic E-state index is 0.155. The van der Waals surface area contributed by atoms with E-state index in [9.17, 15) is 4.79 Å². The molecule has 2 N–H and O–H groups in total. The van der Waals surface area contributed by atoms with E-state index >= 15 is 0 Å². The monoisotopic (exact) mass is 342 g/mol. The Kier molecular flexibility index (Phi) is 5.23. The average molecular weight is 342 g/mol. The highest BCUT2D eigenvalue weighted by atomic mass is 16.6. The van der Waals surface area contributed by atoms with E-state index in [1.165, 1.54) is 0 Å². The number of hydrogen-bond donors (Lipinski definition) is 2. The number of methoxy groups -OCH3 is 1. The van der Waals surface area contributed by atoms with Gasteiger partial charge in [-0.3, -0.25) is 0 Å². The van der Waals surface area contributed by atoms with Crippen LogP contribution in [0.1, 0.15) is 17.7 Å². The van der Waals surface area contributed by atoms with E-state index in [1.807, 2.05) is 54.2 Å². The molecule has 0 saturated carbocycles. The van der Waals surface area contributed by atoms with Gasteiger partial charge in [-0.05, 0) is 42.0 Å². The molecule has 2 amide bonds. The predicted octanol–water partition coefficient (Wildman–Crippen LogP) is 2.03. The average Bonchev–Trinajstić information content (AvgIpc) is 3.27. The summed E-state index contributed by atoms with van der Waals surface area (Å²) in [6.45, 7) is 0.885. The first-order valence-corrected chi connectivity index (χ1v) is 8.14. The number of benzene rings is 1. The van der Waals surface area contributed by atoms with Gasteiger partial charge in [0.25, 0.3) is 0 Å². The maximum absolute atomic E-state index is 11.9. The van der Waals surface area contributed by atoms with Gasteiger partial charge in [0.1, 0.15) is 5.75 Å². The molecule has 0 radical (unpaired) electrons. The number of carbonyl (C=O) groups is 1. The Morgan fingerprint density at radius 1 is 1.32 bits per heavy atom. The van der Waals surface area contributed by atoms with Crippen LogP contribution in [-0.4, -0.2) is 36.1 Å². The number of nitrogens with one attached hydrogen (secondary N) is 2. The fraction of sp³-hybridized carbons (Fsp3) is 0.333. The van der Waals surface area contributed by atoms with E-state index in [0.29, 0.717) is 19.5 Å². The van der Waals surface area contributed by atoms with Gasteiger partial charge in [0, 0.05) is 25.4 Å². The van der Waals surface area contributed by atoms with Gasteiger partial charge in [-0.1, -0.05) is 5.16 Å². The summed E-state index contributed by atoms with van der Waals surface area (Å²) in [7, 11) is 3.58. The third kappa shape index (κ3) is 4.32. The van der Waals surface area contributed by atoms with Crippen molar-refractivity contribution in [2.75, 3.05) is 13.7 Å². The van der Waals surface area contributed by atoms with Crippen molar-refractivity contribution in [2.24, 2.45) is 12.2 Å². The van der Waals surface area contributed by atoms with Crippen molar-refractivity contribution in [3.63, 3.8) is 0 Å². The molecule has 2 heterocycles. The molecule has 132 valence electrons. The fourth-order valence-electron chi connectivity index (χ4n) is 2.61. The van der Waals surface area contributed by atoms with Crippen molar-refractivity contribution in [3.05, 3.63) is 53.9 Å². The molecular formula is C18H22N4O3. The van der Waals surface area contributed by atoms with Gasteiger partial charge in [0.05, 0.1) is 25.9 Å². The fourth-order valence-corrected chi connectivity index (χ4v) is 2.61. The summed E-state index contributed by atoms with van der Waals surface area (Å²) >= 11 is 0. The Balaban J connectivity index is 1.41. The number of urea groups is 1. The lowest BCUT2D eigenvalue weighted by molar-refractivity contribution is 0.0865. The normalized spacial score (nSPS) is 16.1. The number of aromatic nitrogens is 1. The molecule has 7 nitrogen and oxygen atoms in total. The Hall–Kier alpha value is -2.96. The maximum atomic E-state index is 11.9. The zero-order valence-corrected chi connectivity index (χ0v) is 14.4. The van der Waals surface area contributed by atoms with E-state index in [0.717, 1.165) is 22.7 Å². The zero-order chi connectivity index (χ0) is 17.6. The Morgan fingerprint density at radius 3 is 2.80 bits per heavy atom. The van der Waals surface area contributed by atoms with E-state index in [4.69, 9.17) is 9.57 Å². The van der Waals surface area contributed by atoms with Gasteiger partial charge in [-0.15, -0.1) is 0 Å². The second-order valence-corrected chi connectivity index (χ2v) is 5.87. The number of ether oxygens (including phenoxy) is 1. The van der Waals surface area contributed by atoms with E-state index in [1.54, 1.807) is 7.11 Å². The number of oxime groups is 1. The van der Waals surface area contributed by atoms with Crippen LogP contribution in [0, 0.1) is 0 Å². The van der Waals surface area contributed by atoms with Crippen molar-refractivity contribution < 1.29 is 14.4 Å². The van der Waals surface area contributed by atoms with Crippen molar-refractivity contribution >= 4 is 11.7 Å². The first-order valence-electron chi connectivity index (χ1n) is 8.14. The van der Waals surface area contributed by atoms with Crippen LogP contribution >= 0.6 is 0 Å². The SMILES string of the molecule is COc1ccc(C2=NO[C@@H](CNC(=O)NCc3cccn3C)C2)cc1. The van der Waals surface area contributed by atoms with Crippen LogP contribution in [-0.2, 0) is 18.4 Å². The minimum atomic E-state index is -0.220. The van der Waals surface area contributed by atoms with Gasteiger partial charge in [-0.2, -0.15) is 0 Å². The largest absolute Gasteiger partial charge is 0.497 e. The first-order chi connectivity index (χ1) is 12.2.